The average molecular weight is 360 g/mol. The second kappa shape index (κ2) is 9.67. The molecular formula is C20H22ClNO3. The smallest absolute Gasteiger partial charge is 0.325 e. The lowest BCUT2D eigenvalue weighted by molar-refractivity contribution is -0.132. The highest BCUT2D eigenvalue weighted by atomic mass is 35.5. The molecule has 0 radical (unpaired) electrons. The molecule has 4 nitrogen and oxygen atoms in total. The van der Waals surface area contributed by atoms with E-state index < -0.39 is 5.97 Å². The Bertz CT molecular complexity index is 772. The first-order valence-electron chi connectivity index (χ1n) is 7.66. The van der Waals surface area contributed by atoms with Gasteiger partial charge in [-0.25, -0.2) is 0 Å². The third-order valence-corrected chi connectivity index (χ3v) is 3.55. The van der Waals surface area contributed by atoms with Crippen LogP contribution in [0.3, 0.4) is 0 Å². The van der Waals surface area contributed by atoms with Crippen LogP contribution in [0.15, 0.2) is 61.7 Å². The average Bonchev–Trinajstić information content (AvgIpc) is 2.58. The fraction of sp³-hybridized carbons (Fsp3) is 0.150. The molecule has 0 heterocycles. The van der Waals surface area contributed by atoms with Crippen LogP contribution >= 0.6 is 12.4 Å². The van der Waals surface area contributed by atoms with E-state index in [1.807, 2.05) is 24.3 Å². The highest BCUT2D eigenvalue weighted by Crippen LogP contribution is 2.37. The number of aromatic hydroxyl groups is 1. The number of hydrogen-bond donors (Lipinski definition) is 2. The Morgan fingerprint density at radius 2 is 1.60 bits per heavy atom. The maximum absolute atomic E-state index is 11.6. The minimum absolute atomic E-state index is 0. The molecule has 0 bridgehead atoms. The molecule has 0 atom stereocenters. The first-order valence-corrected chi connectivity index (χ1v) is 7.66. The summed E-state index contributed by atoms with van der Waals surface area (Å²) in [5.74, 6) is -0.0533. The van der Waals surface area contributed by atoms with Gasteiger partial charge in [0, 0.05) is 11.1 Å². The van der Waals surface area contributed by atoms with Crippen LogP contribution in [-0.2, 0) is 17.6 Å². The maximum Gasteiger partial charge on any atom is 0.325 e. The van der Waals surface area contributed by atoms with Crippen molar-refractivity contribution in [1.82, 2.24) is 0 Å². The van der Waals surface area contributed by atoms with Gasteiger partial charge in [-0.1, -0.05) is 24.3 Å². The van der Waals surface area contributed by atoms with Crippen molar-refractivity contribution < 1.29 is 14.6 Å². The van der Waals surface area contributed by atoms with Crippen LogP contribution in [0, 0.1) is 0 Å². The van der Waals surface area contributed by atoms with Crippen LogP contribution in [0.1, 0.15) is 11.1 Å². The molecule has 0 fully saturated rings. The highest BCUT2D eigenvalue weighted by molar-refractivity contribution is 5.85. The van der Waals surface area contributed by atoms with Crippen LogP contribution in [0.25, 0.3) is 11.1 Å². The molecule has 132 valence electrons. The van der Waals surface area contributed by atoms with E-state index in [4.69, 9.17) is 10.5 Å². The molecule has 0 saturated heterocycles. The van der Waals surface area contributed by atoms with Crippen molar-refractivity contribution in [3.8, 4) is 22.6 Å². The molecule has 0 saturated carbocycles. The number of rotatable bonds is 7. The summed E-state index contributed by atoms with van der Waals surface area (Å²) in [7, 11) is 0. The second-order valence-electron chi connectivity index (χ2n) is 5.35. The fourth-order valence-corrected chi connectivity index (χ4v) is 2.43. The van der Waals surface area contributed by atoms with Crippen molar-refractivity contribution in [2.75, 3.05) is 6.54 Å². The molecule has 5 heteroatoms. The summed E-state index contributed by atoms with van der Waals surface area (Å²) in [4.78, 5) is 11.6. The number of esters is 1. The van der Waals surface area contributed by atoms with E-state index >= 15 is 0 Å². The van der Waals surface area contributed by atoms with Gasteiger partial charge in [0.1, 0.15) is 11.5 Å². The minimum atomic E-state index is -0.533. The summed E-state index contributed by atoms with van der Waals surface area (Å²) in [6, 6.07) is 10.8. The first kappa shape index (κ1) is 20.5. The summed E-state index contributed by atoms with van der Waals surface area (Å²) in [6.45, 7) is 7.25. The summed E-state index contributed by atoms with van der Waals surface area (Å²) in [5, 5.41) is 10.3. The number of phenols is 1. The zero-order chi connectivity index (χ0) is 17.5. The minimum Gasteiger partial charge on any atom is -0.507 e. The molecule has 0 amide bonds. The van der Waals surface area contributed by atoms with Crippen molar-refractivity contribution in [3.63, 3.8) is 0 Å². The number of carbonyl (C=O) groups excluding carboxylic acids is 1. The molecule has 3 N–H and O–H groups in total. The van der Waals surface area contributed by atoms with Crippen molar-refractivity contribution >= 4 is 18.4 Å². The molecule has 0 aromatic heterocycles. The number of halogens is 1. The Balaban J connectivity index is 0.00000312. The Morgan fingerprint density at radius 1 is 1.04 bits per heavy atom. The normalized spacial score (nSPS) is 9.80. The molecule has 0 aliphatic heterocycles. The van der Waals surface area contributed by atoms with Gasteiger partial charge in [0.05, 0.1) is 6.54 Å². The van der Waals surface area contributed by atoms with Gasteiger partial charge in [0.25, 0.3) is 0 Å². The largest absolute Gasteiger partial charge is 0.507 e. The monoisotopic (exact) mass is 359 g/mol. The van der Waals surface area contributed by atoms with Gasteiger partial charge < -0.3 is 15.6 Å². The van der Waals surface area contributed by atoms with Crippen molar-refractivity contribution in [2.45, 2.75) is 12.8 Å². The molecule has 0 aliphatic rings. The number of carbonyl (C=O) groups is 1. The fourth-order valence-electron chi connectivity index (χ4n) is 2.43. The molecule has 25 heavy (non-hydrogen) atoms. The number of nitrogens with two attached hydrogens (primary N) is 1. The predicted molar refractivity (Wildman–Crippen MR) is 103 cm³/mol. The molecule has 2 aromatic carbocycles. The quantitative estimate of drug-likeness (QED) is 0.448. The van der Waals surface area contributed by atoms with Gasteiger partial charge in [0.15, 0.2) is 0 Å². The molecule has 0 spiro atoms. The number of hydrogen-bond acceptors (Lipinski definition) is 4. The van der Waals surface area contributed by atoms with Gasteiger partial charge in [-0.3, -0.25) is 4.79 Å². The van der Waals surface area contributed by atoms with Crippen molar-refractivity contribution in [2.24, 2.45) is 5.73 Å². The zero-order valence-electron chi connectivity index (χ0n) is 13.9. The van der Waals surface area contributed by atoms with Gasteiger partial charge in [-0.15, -0.1) is 25.6 Å². The van der Waals surface area contributed by atoms with Gasteiger partial charge in [-0.05, 0) is 48.2 Å². The van der Waals surface area contributed by atoms with E-state index in [1.165, 1.54) is 0 Å². The van der Waals surface area contributed by atoms with Crippen LogP contribution in [0.2, 0.25) is 0 Å². The van der Waals surface area contributed by atoms with Crippen LogP contribution in [0.4, 0.5) is 0 Å². The van der Waals surface area contributed by atoms with Crippen LogP contribution in [-0.4, -0.2) is 17.6 Å². The van der Waals surface area contributed by atoms with E-state index in [2.05, 4.69) is 13.2 Å². The molecule has 2 rings (SSSR count). The topological polar surface area (TPSA) is 72.5 Å². The molecular weight excluding hydrogens is 338 g/mol. The van der Waals surface area contributed by atoms with E-state index in [1.54, 1.807) is 24.3 Å². The van der Waals surface area contributed by atoms with Gasteiger partial charge >= 0.3 is 5.97 Å². The summed E-state index contributed by atoms with van der Waals surface area (Å²) >= 11 is 0. The van der Waals surface area contributed by atoms with E-state index in [-0.39, 0.29) is 24.7 Å². The predicted octanol–water partition coefficient (Wildman–Crippen LogP) is 3.80. The Morgan fingerprint density at radius 3 is 2.16 bits per heavy atom. The SMILES string of the molecule is C=CCc1ccc(O)c(-c2cc(CC=C)ccc2OC(=O)CN)c1.Cl. The van der Waals surface area contributed by atoms with E-state index in [0.717, 1.165) is 11.1 Å². The number of allylic oxidation sites excluding steroid dienone is 2. The Kier molecular flexibility index (Phi) is 7.92. The highest BCUT2D eigenvalue weighted by Gasteiger charge is 2.14. The maximum atomic E-state index is 11.6. The van der Waals surface area contributed by atoms with Crippen molar-refractivity contribution in [3.05, 3.63) is 72.8 Å². The molecule has 0 unspecified atom stereocenters. The summed E-state index contributed by atoms with van der Waals surface area (Å²) in [6.07, 6.45) is 4.93. The first-order chi connectivity index (χ1) is 11.6. The summed E-state index contributed by atoms with van der Waals surface area (Å²) < 4.78 is 5.32. The lowest BCUT2D eigenvalue weighted by Crippen LogP contribution is -2.19. The number of benzene rings is 2. The van der Waals surface area contributed by atoms with Crippen LogP contribution in [0.5, 0.6) is 11.5 Å². The second-order valence-corrected chi connectivity index (χ2v) is 5.35. The lowest BCUT2D eigenvalue weighted by atomic mass is 9.97. The zero-order valence-corrected chi connectivity index (χ0v) is 14.7. The van der Waals surface area contributed by atoms with Crippen molar-refractivity contribution in [1.29, 1.82) is 0 Å². The standard InChI is InChI=1S/C20H21NO3.ClH/c1-3-5-14-7-9-18(22)16(11-14)17-12-15(6-4-2)8-10-19(17)24-20(23)13-21;/h3-4,7-12,22H,1-2,5-6,13,21H2;1H. The molecule has 0 aliphatic carbocycles. The Hall–Kier alpha value is -2.56. The third-order valence-electron chi connectivity index (χ3n) is 3.55. The van der Waals surface area contributed by atoms with E-state index in [0.29, 0.717) is 29.7 Å². The summed E-state index contributed by atoms with van der Waals surface area (Å²) in [5.41, 5.74) is 8.57. The lowest BCUT2D eigenvalue weighted by Gasteiger charge is -2.14. The van der Waals surface area contributed by atoms with Gasteiger partial charge in [-0.2, -0.15) is 0 Å². The van der Waals surface area contributed by atoms with Gasteiger partial charge in [0.2, 0.25) is 0 Å². The number of ether oxygens (including phenoxy) is 1. The van der Waals surface area contributed by atoms with E-state index in [9.17, 15) is 9.90 Å². The number of phenolic OH excluding ortho intramolecular Hbond substituents is 1. The van der Waals surface area contributed by atoms with Crippen LogP contribution < -0.4 is 10.5 Å². The Labute approximate surface area is 154 Å². The molecule has 2 aromatic rings. The third kappa shape index (κ3) is 5.21.